The normalized spacial score (nSPS) is 26.9. The Labute approximate surface area is 196 Å². The van der Waals surface area contributed by atoms with E-state index in [-0.39, 0.29) is 0 Å². The number of hydrogen-bond donors (Lipinski definition) is 0. The minimum atomic E-state index is 0.588. The Morgan fingerprint density at radius 1 is 0.484 bits per heavy atom. The fourth-order valence-electron chi connectivity index (χ4n) is 6.37. The molecule has 2 aliphatic rings. The lowest BCUT2D eigenvalue weighted by Gasteiger charge is -2.38. The quantitative estimate of drug-likeness (QED) is 0.195. The van der Waals surface area contributed by atoms with Crippen molar-refractivity contribution in [1.82, 2.24) is 0 Å². The van der Waals surface area contributed by atoms with Crippen LogP contribution in [-0.4, -0.2) is 12.7 Å². The third-order valence-electron chi connectivity index (χ3n) is 8.59. The van der Waals surface area contributed by atoms with E-state index in [0.717, 1.165) is 24.4 Å². The van der Waals surface area contributed by atoms with E-state index in [9.17, 15) is 0 Å². The molecule has 0 heterocycles. The smallest absolute Gasteiger partial charge is 0.0575 e. The third-order valence-corrected chi connectivity index (χ3v) is 8.59. The number of rotatable bonds is 18. The van der Waals surface area contributed by atoms with Gasteiger partial charge in [-0.1, -0.05) is 117 Å². The maximum Gasteiger partial charge on any atom is 0.0575 e. The molecule has 0 aromatic rings. The van der Waals surface area contributed by atoms with Crippen LogP contribution in [0.4, 0.5) is 0 Å². The van der Waals surface area contributed by atoms with Gasteiger partial charge in [-0.3, -0.25) is 0 Å². The fourth-order valence-corrected chi connectivity index (χ4v) is 6.37. The van der Waals surface area contributed by atoms with E-state index in [4.69, 9.17) is 4.74 Å². The van der Waals surface area contributed by atoms with Gasteiger partial charge in [0.25, 0.3) is 0 Å². The summed E-state index contributed by atoms with van der Waals surface area (Å²) in [5.41, 5.74) is 0. The highest BCUT2D eigenvalue weighted by molar-refractivity contribution is 4.82. The van der Waals surface area contributed by atoms with Gasteiger partial charge in [0.05, 0.1) is 6.10 Å². The summed E-state index contributed by atoms with van der Waals surface area (Å²) in [7, 11) is 0. The highest BCUT2D eigenvalue weighted by atomic mass is 16.5. The van der Waals surface area contributed by atoms with Crippen LogP contribution in [0.25, 0.3) is 0 Å². The van der Waals surface area contributed by atoms with Crippen molar-refractivity contribution in [3.05, 3.63) is 0 Å². The predicted octanol–water partition coefficient (Wildman–Crippen LogP) is 10.3. The minimum Gasteiger partial charge on any atom is -0.378 e. The van der Waals surface area contributed by atoms with Crippen LogP contribution in [0.5, 0.6) is 0 Å². The second-order valence-corrected chi connectivity index (χ2v) is 11.2. The van der Waals surface area contributed by atoms with Gasteiger partial charge in [0.1, 0.15) is 0 Å². The molecular formula is C30H58O. The van der Waals surface area contributed by atoms with Gasteiger partial charge in [-0.2, -0.15) is 0 Å². The third kappa shape index (κ3) is 12.7. The van der Waals surface area contributed by atoms with Crippen LogP contribution in [0.1, 0.15) is 162 Å². The molecule has 0 radical (unpaired) electrons. The minimum absolute atomic E-state index is 0.588. The van der Waals surface area contributed by atoms with Crippen molar-refractivity contribution >= 4 is 0 Å². The van der Waals surface area contributed by atoms with Gasteiger partial charge >= 0.3 is 0 Å². The van der Waals surface area contributed by atoms with Crippen molar-refractivity contribution in [2.24, 2.45) is 17.8 Å². The van der Waals surface area contributed by atoms with Gasteiger partial charge in [0, 0.05) is 6.61 Å². The molecule has 0 N–H and O–H groups in total. The molecule has 184 valence electrons. The molecule has 0 atom stereocenters. The molecule has 2 aliphatic carbocycles. The molecule has 31 heavy (non-hydrogen) atoms. The van der Waals surface area contributed by atoms with Crippen molar-refractivity contribution in [3.8, 4) is 0 Å². The largest absolute Gasteiger partial charge is 0.378 e. The van der Waals surface area contributed by atoms with E-state index in [1.165, 1.54) is 148 Å². The lowest BCUT2D eigenvalue weighted by atomic mass is 9.70. The van der Waals surface area contributed by atoms with Crippen LogP contribution in [-0.2, 0) is 4.74 Å². The SMILES string of the molecule is CCCCCCCCCC[C@H]1CC[C@H]([C@H]2CC[C@H](OCCCCCCCC)CC2)CC1. The maximum atomic E-state index is 6.23. The monoisotopic (exact) mass is 434 g/mol. The molecule has 2 fully saturated rings. The molecule has 1 heteroatoms. The maximum absolute atomic E-state index is 6.23. The standard InChI is InChI=1S/C30H58O/c1-3-5-7-9-11-12-13-15-17-27-18-20-28(21-19-27)29-22-24-30(25-23-29)31-26-16-14-10-8-6-4-2/h27-30H,3-26H2,1-2H3/t27-,28-,29-,30-. The zero-order chi connectivity index (χ0) is 22.0. The number of hydrogen-bond acceptors (Lipinski definition) is 1. The summed E-state index contributed by atoms with van der Waals surface area (Å²) < 4.78 is 6.23. The topological polar surface area (TPSA) is 9.23 Å². The molecule has 1 nitrogen and oxygen atoms in total. The zero-order valence-corrected chi connectivity index (χ0v) is 21.7. The molecule has 0 aromatic carbocycles. The molecule has 0 bridgehead atoms. The highest BCUT2D eigenvalue weighted by Gasteiger charge is 2.30. The van der Waals surface area contributed by atoms with E-state index in [1.54, 1.807) is 0 Å². The molecule has 0 aliphatic heterocycles. The molecule has 2 saturated carbocycles. The lowest BCUT2D eigenvalue weighted by Crippen LogP contribution is -2.28. The van der Waals surface area contributed by atoms with Crippen LogP contribution in [0.3, 0.4) is 0 Å². The van der Waals surface area contributed by atoms with Gasteiger partial charge in [-0.15, -0.1) is 0 Å². The summed E-state index contributed by atoms with van der Waals surface area (Å²) in [6.45, 7) is 5.63. The first kappa shape index (κ1) is 27.2. The van der Waals surface area contributed by atoms with E-state index in [1.807, 2.05) is 0 Å². The van der Waals surface area contributed by atoms with E-state index < -0.39 is 0 Å². The fraction of sp³-hybridized carbons (Fsp3) is 1.00. The summed E-state index contributed by atoms with van der Waals surface area (Å²) in [4.78, 5) is 0. The van der Waals surface area contributed by atoms with Gasteiger partial charge in [0.2, 0.25) is 0 Å². The molecule has 0 aromatic heterocycles. The first-order chi connectivity index (χ1) is 15.3. The Kier molecular flexibility index (Phi) is 16.1. The number of ether oxygens (including phenoxy) is 1. The summed E-state index contributed by atoms with van der Waals surface area (Å²) >= 11 is 0. The highest BCUT2D eigenvalue weighted by Crippen LogP contribution is 2.41. The van der Waals surface area contributed by atoms with Crippen LogP contribution >= 0.6 is 0 Å². The van der Waals surface area contributed by atoms with Crippen molar-refractivity contribution < 1.29 is 4.74 Å². The van der Waals surface area contributed by atoms with Crippen molar-refractivity contribution in [2.45, 2.75) is 168 Å². The van der Waals surface area contributed by atoms with E-state index >= 15 is 0 Å². The molecule has 0 amide bonds. The number of unbranched alkanes of at least 4 members (excludes halogenated alkanes) is 12. The van der Waals surface area contributed by atoms with Crippen LogP contribution < -0.4 is 0 Å². The Morgan fingerprint density at radius 3 is 1.48 bits per heavy atom. The van der Waals surface area contributed by atoms with Gasteiger partial charge in [-0.25, -0.2) is 0 Å². The molecule has 0 unspecified atom stereocenters. The zero-order valence-electron chi connectivity index (χ0n) is 21.7. The summed E-state index contributed by atoms with van der Waals surface area (Å²) in [5.74, 6) is 3.14. The van der Waals surface area contributed by atoms with Gasteiger partial charge in [-0.05, 0) is 62.7 Å². The second kappa shape index (κ2) is 18.4. The molecule has 0 spiro atoms. The van der Waals surface area contributed by atoms with Gasteiger partial charge in [0.15, 0.2) is 0 Å². The molecular weight excluding hydrogens is 376 g/mol. The van der Waals surface area contributed by atoms with Crippen LogP contribution in [0, 0.1) is 17.8 Å². The molecule has 2 rings (SSSR count). The van der Waals surface area contributed by atoms with Crippen molar-refractivity contribution in [1.29, 1.82) is 0 Å². The lowest BCUT2D eigenvalue weighted by molar-refractivity contribution is 0.00526. The van der Waals surface area contributed by atoms with Crippen LogP contribution in [0.15, 0.2) is 0 Å². The van der Waals surface area contributed by atoms with Crippen LogP contribution in [0.2, 0.25) is 0 Å². The average molecular weight is 435 g/mol. The van der Waals surface area contributed by atoms with E-state index in [0.29, 0.717) is 6.10 Å². The average Bonchev–Trinajstić information content (AvgIpc) is 2.81. The first-order valence-corrected chi connectivity index (χ1v) is 14.9. The Balaban J connectivity index is 1.42. The summed E-state index contributed by atoms with van der Waals surface area (Å²) in [6, 6.07) is 0. The van der Waals surface area contributed by atoms with Crippen molar-refractivity contribution in [3.63, 3.8) is 0 Å². The van der Waals surface area contributed by atoms with Gasteiger partial charge < -0.3 is 4.74 Å². The Bertz CT molecular complexity index is 376. The summed E-state index contributed by atoms with van der Waals surface area (Å²) in [6.07, 6.45) is 33.8. The van der Waals surface area contributed by atoms with E-state index in [2.05, 4.69) is 13.8 Å². The Hall–Kier alpha value is -0.0400. The second-order valence-electron chi connectivity index (χ2n) is 11.2. The first-order valence-electron chi connectivity index (χ1n) is 14.9. The van der Waals surface area contributed by atoms with Crippen molar-refractivity contribution in [2.75, 3.05) is 6.61 Å². The summed E-state index contributed by atoms with van der Waals surface area (Å²) in [5, 5.41) is 0. The molecule has 0 saturated heterocycles. The Morgan fingerprint density at radius 2 is 0.935 bits per heavy atom. The predicted molar refractivity (Wildman–Crippen MR) is 138 cm³/mol.